The van der Waals surface area contributed by atoms with Crippen molar-refractivity contribution in [3.8, 4) is 0 Å². The predicted octanol–water partition coefficient (Wildman–Crippen LogP) is 2.54. The fourth-order valence-electron chi connectivity index (χ4n) is 3.14. The molecule has 0 saturated heterocycles. The molecule has 6 nitrogen and oxygen atoms in total. The number of nitrogens with zero attached hydrogens (tertiary/aromatic N) is 4. The topological polar surface area (TPSA) is 66.8 Å². The second kappa shape index (κ2) is 5.22. The van der Waals surface area contributed by atoms with Gasteiger partial charge < -0.3 is 14.5 Å². The van der Waals surface area contributed by atoms with Gasteiger partial charge in [-0.15, -0.1) is 10.2 Å². The highest BCUT2D eigenvalue weighted by molar-refractivity contribution is 5.98. The van der Waals surface area contributed by atoms with E-state index in [1.165, 1.54) is 0 Å². The summed E-state index contributed by atoms with van der Waals surface area (Å²) < 4.78 is 2.14. The van der Waals surface area contributed by atoms with Crippen LogP contribution in [0.1, 0.15) is 41.9 Å². The summed E-state index contributed by atoms with van der Waals surface area (Å²) in [5.41, 5.74) is 1.61. The number of nitrogens with one attached hydrogen (secondary N) is 1. The first-order valence-corrected chi connectivity index (χ1v) is 7.92. The fourth-order valence-corrected chi connectivity index (χ4v) is 3.14. The predicted molar refractivity (Wildman–Crippen MR) is 87.2 cm³/mol. The third kappa shape index (κ3) is 2.30. The van der Waals surface area contributed by atoms with Crippen LogP contribution in [-0.4, -0.2) is 37.1 Å². The number of aromatic nitrogens is 4. The molecule has 1 aliphatic heterocycles. The van der Waals surface area contributed by atoms with E-state index in [0.717, 1.165) is 29.1 Å². The van der Waals surface area contributed by atoms with Crippen LogP contribution in [0.15, 0.2) is 30.3 Å². The number of H-pyrrole nitrogens is 1. The SMILES string of the molecule is CC(C)c1nnc2n1CCN(C(=O)c1cc3ccccc3[nH]1)C2. The van der Waals surface area contributed by atoms with Crippen LogP contribution in [0.2, 0.25) is 0 Å². The second-order valence-electron chi connectivity index (χ2n) is 6.28. The number of para-hydroxylation sites is 1. The van der Waals surface area contributed by atoms with Crippen LogP contribution in [0.5, 0.6) is 0 Å². The van der Waals surface area contributed by atoms with Crippen molar-refractivity contribution in [3.63, 3.8) is 0 Å². The highest BCUT2D eigenvalue weighted by Gasteiger charge is 2.26. The standard InChI is InChI=1S/C17H19N5O/c1-11(2)16-20-19-15-10-21(7-8-22(15)16)17(23)14-9-12-5-3-4-6-13(12)18-14/h3-6,9,11,18H,7-8,10H2,1-2H3. The zero-order valence-electron chi connectivity index (χ0n) is 13.3. The molecule has 1 amide bonds. The van der Waals surface area contributed by atoms with Crippen molar-refractivity contribution in [2.45, 2.75) is 32.9 Å². The Hall–Kier alpha value is -2.63. The van der Waals surface area contributed by atoms with Gasteiger partial charge in [-0.2, -0.15) is 0 Å². The van der Waals surface area contributed by atoms with Gasteiger partial charge in [0.1, 0.15) is 11.5 Å². The van der Waals surface area contributed by atoms with Crippen molar-refractivity contribution in [3.05, 3.63) is 47.7 Å². The lowest BCUT2D eigenvalue weighted by molar-refractivity contribution is 0.0701. The molecule has 0 fully saturated rings. The molecule has 0 radical (unpaired) electrons. The molecule has 2 aromatic heterocycles. The molecular weight excluding hydrogens is 290 g/mol. The average Bonchev–Trinajstić information content (AvgIpc) is 3.17. The summed E-state index contributed by atoms with van der Waals surface area (Å²) >= 11 is 0. The summed E-state index contributed by atoms with van der Waals surface area (Å²) in [6, 6.07) is 9.83. The molecule has 0 unspecified atom stereocenters. The van der Waals surface area contributed by atoms with Crippen molar-refractivity contribution < 1.29 is 4.79 Å². The van der Waals surface area contributed by atoms with Crippen LogP contribution in [0.4, 0.5) is 0 Å². The zero-order chi connectivity index (χ0) is 16.0. The van der Waals surface area contributed by atoms with E-state index in [-0.39, 0.29) is 5.91 Å². The molecule has 0 spiro atoms. The first-order chi connectivity index (χ1) is 11.1. The first kappa shape index (κ1) is 14.0. The number of fused-ring (bicyclic) bond motifs is 2. The molecule has 118 valence electrons. The molecule has 0 bridgehead atoms. The summed E-state index contributed by atoms with van der Waals surface area (Å²) in [6.45, 7) is 6.16. The van der Waals surface area contributed by atoms with Gasteiger partial charge in [0.15, 0.2) is 5.82 Å². The van der Waals surface area contributed by atoms with Crippen LogP contribution in [-0.2, 0) is 13.1 Å². The Morgan fingerprint density at radius 2 is 2.04 bits per heavy atom. The van der Waals surface area contributed by atoms with E-state index >= 15 is 0 Å². The summed E-state index contributed by atoms with van der Waals surface area (Å²) in [7, 11) is 0. The van der Waals surface area contributed by atoms with Gasteiger partial charge in [-0.3, -0.25) is 4.79 Å². The molecule has 1 aliphatic rings. The summed E-state index contributed by atoms with van der Waals surface area (Å²) in [5, 5.41) is 9.58. The van der Waals surface area contributed by atoms with E-state index in [2.05, 4.69) is 33.6 Å². The molecule has 0 saturated carbocycles. The molecule has 23 heavy (non-hydrogen) atoms. The third-order valence-corrected chi connectivity index (χ3v) is 4.35. The first-order valence-electron chi connectivity index (χ1n) is 7.92. The maximum absolute atomic E-state index is 12.8. The number of rotatable bonds is 2. The van der Waals surface area contributed by atoms with Crippen molar-refractivity contribution in [2.75, 3.05) is 6.54 Å². The lowest BCUT2D eigenvalue weighted by Crippen LogP contribution is -2.39. The van der Waals surface area contributed by atoms with Crippen LogP contribution >= 0.6 is 0 Å². The average molecular weight is 309 g/mol. The molecule has 3 heterocycles. The highest BCUT2D eigenvalue weighted by Crippen LogP contribution is 2.21. The number of aromatic amines is 1. The van der Waals surface area contributed by atoms with Crippen molar-refractivity contribution in [2.24, 2.45) is 0 Å². The van der Waals surface area contributed by atoms with E-state index in [1.54, 1.807) is 0 Å². The normalized spacial score (nSPS) is 14.5. The number of benzene rings is 1. The van der Waals surface area contributed by atoms with E-state index in [1.807, 2.05) is 35.2 Å². The van der Waals surface area contributed by atoms with Gasteiger partial charge >= 0.3 is 0 Å². The third-order valence-electron chi connectivity index (χ3n) is 4.35. The van der Waals surface area contributed by atoms with Crippen LogP contribution < -0.4 is 0 Å². The molecule has 4 rings (SSSR count). The Bertz CT molecular complexity index is 843. The van der Waals surface area contributed by atoms with Gasteiger partial charge in [0.2, 0.25) is 0 Å². The summed E-state index contributed by atoms with van der Waals surface area (Å²) in [6.07, 6.45) is 0. The minimum absolute atomic E-state index is 0.0153. The second-order valence-corrected chi connectivity index (χ2v) is 6.28. The van der Waals surface area contributed by atoms with Crippen LogP contribution in [0.3, 0.4) is 0 Å². The minimum Gasteiger partial charge on any atom is -0.351 e. The molecule has 1 aromatic carbocycles. The van der Waals surface area contributed by atoms with Gasteiger partial charge in [-0.05, 0) is 12.1 Å². The smallest absolute Gasteiger partial charge is 0.270 e. The van der Waals surface area contributed by atoms with Gasteiger partial charge in [0, 0.05) is 29.9 Å². The molecule has 0 aliphatic carbocycles. The Morgan fingerprint density at radius 3 is 2.83 bits per heavy atom. The monoisotopic (exact) mass is 309 g/mol. The quantitative estimate of drug-likeness (QED) is 0.791. The summed E-state index contributed by atoms with van der Waals surface area (Å²) in [4.78, 5) is 17.8. The number of amides is 1. The molecule has 6 heteroatoms. The molecule has 3 aromatic rings. The van der Waals surface area contributed by atoms with Crippen LogP contribution in [0.25, 0.3) is 10.9 Å². The highest BCUT2D eigenvalue weighted by atomic mass is 16.2. The number of carbonyl (C=O) groups is 1. The lowest BCUT2D eigenvalue weighted by Gasteiger charge is -2.27. The van der Waals surface area contributed by atoms with Gasteiger partial charge in [-0.25, -0.2) is 0 Å². The number of hydrogen-bond donors (Lipinski definition) is 1. The number of hydrogen-bond acceptors (Lipinski definition) is 3. The maximum Gasteiger partial charge on any atom is 0.270 e. The van der Waals surface area contributed by atoms with Crippen molar-refractivity contribution >= 4 is 16.8 Å². The minimum atomic E-state index is 0.0153. The van der Waals surface area contributed by atoms with Gasteiger partial charge in [-0.1, -0.05) is 32.0 Å². The van der Waals surface area contributed by atoms with E-state index < -0.39 is 0 Å². The zero-order valence-corrected chi connectivity index (χ0v) is 13.3. The maximum atomic E-state index is 12.8. The molecule has 0 atom stereocenters. The Labute approximate surface area is 134 Å². The van der Waals surface area contributed by atoms with E-state index in [9.17, 15) is 4.79 Å². The Morgan fingerprint density at radius 1 is 1.22 bits per heavy atom. The number of carbonyl (C=O) groups excluding carboxylic acids is 1. The molecule has 1 N–H and O–H groups in total. The van der Waals surface area contributed by atoms with Crippen LogP contribution in [0, 0.1) is 0 Å². The van der Waals surface area contributed by atoms with Gasteiger partial charge in [0.05, 0.1) is 6.54 Å². The van der Waals surface area contributed by atoms with E-state index in [0.29, 0.717) is 24.7 Å². The Kier molecular flexibility index (Phi) is 3.18. The fraction of sp³-hybridized carbons (Fsp3) is 0.353. The Balaban J connectivity index is 1.60. The lowest BCUT2D eigenvalue weighted by atomic mass is 10.2. The largest absolute Gasteiger partial charge is 0.351 e. The van der Waals surface area contributed by atoms with Gasteiger partial charge in [0.25, 0.3) is 5.91 Å². The van der Waals surface area contributed by atoms with E-state index in [4.69, 9.17) is 0 Å². The van der Waals surface area contributed by atoms with Crippen molar-refractivity contribution in [1.82, 2.24) is 24.6 Å². The molecular formula is C17H19N5O. The van der Waals surface area contributed by atoms with Crippen molar-refractivity contribution in [1.29, 1.82) is 0 Å². The summed E-state index contributed by atoms with van der Waals surface area (Å²) in [5.74, 6) is 2.22.